The standard InChI is InChI=1S/C18H28O2S.K/c1-2-3-4-5-6-7-8-9-10-16-11-13-17(14-12-16)21-15-18(19)20;/h11-14H,2-10,15H2,1H3,(H,19,20);/q;+1/p-1. The quantitative estimate of drug-likeness (QED) is 0.324. The van der Waals surface area contributed by atoms with Gasteiger partial charge in [0.15, 0.2) is 0 Å². The van der Waals surface area contributed by atoms with Crippen molar-refractivity contribution in [1.82, 2.24) is 0 Å². The Kier molecular flexibility index (Phi) is 15.7. The van der Waals surface area contributed by atoms with Gasteiger partial charge in [0.2, 0.25) is 0 Å². The first-order valence-corrected chi connectivity index (χ1v) is 9.12. The molecule has 0 aromatic heterocycles. The minimum absolute atomic E-state index is 0. The molecule has 0 heterocycles. The molecule has 2 nitrogen and oxygen atoms in total. The second kappa shape index (κ2) is 15.2. The Morgan fingerprint density at radius 3 is 2.05 bits per heavy atom. The molecule has 22 heavy (non-hydrogen) atoms. The van der Waals surface area contributed by atoms with Gasteiger partial charge < -0.3 is 9.90 Å². The molecule has 0 atom stereocenters. The molecule has 0 saturated carbocycles. The van der Waals surface area contributed by atoms with E-state index >= 15 is 0 Å². The van der Waals surface area contributed by atoms with E-state index in [1.54, 1.807) is 0 Å². The number of hydrogen-bond donors (Lipinski definition) is 0. The molecule has 0 aliphatic rings. The zero-order valence-electron chi connectivity index (χ0n) is 14.1. The fraction of sp³-hybridized carbons (Fsp3) is 0.611. The van der Waals surface area contributed by atoms with Crippen molar-refractivity contribution < 1.29 is 61.3 Å². The molecule has 118 valence electrons. The third-order valence-electron chi connectivity index (χ3n) is 3.60. The Morgan fingerprint density at radius 1 is 0.955 bits per heavy atom. The zero-order valence-corrected chi connectivity index (χ0v) is 18.0. The molecule has 0 amide bonds. The molecule has 1 rings (SSSR count). The van der Waals surface area contributed by atoms with E-state index in [9.17, 15) is 9.90 Å². The monoisotopic (exact) mass is 346 g/mol. The summed E-state index contributed by atoms with van der Waals surface area (Å²) >= 11 is 1.32. The molecule has 1 aromatic carbocycles. The average Bonchev–Trinajstić information content (AvgIpc) is 2.49. The third-order valence-corrected chi connectivity index (χ3v) is 4.58. The molecule has 0 unspecified atom stereocenters. The van der Waals surface area contributed by atoms with Crippen LogP contribution in [0, 0.1) is 0 Å². The predicted octanol–water partition coefficient (Wildman–Crippen LogP) is 1.22. The van der Waals surface area contributed by atoms with Crippen LogP contribution in [-0.2, 0) is 11.2 Å². The summed E-state index contributed by atoms with van der Waals surface area (Å²) in [4.78, 5) is 11.4. The molecule has 0 bridgehead atoms. The van der Waals surface area contributed by atoms with Crippen molar-refractivity contribution in [2.45, 2.75) is 69.6 Å². The van der Waals surface area contributed by atoms with Crippen LogP contribution in [0.3, 0.4) is 0 Å². The maximum absolute atomic E-state index is 10.4. The zero-order chi connectivity index (χ0) is 15.3. The van der Waals surface area contributed by atoms with E-state index in [4.69, 9.17) is 0 Å². The van der Waals surface area contributed by atoms with Crippen LogP contribution in [0.4, 0.5) is 0 Å². The number of rotatable bonds is 12. The summed E-state index contributed by atoms with van der Waals surface area (Å²) in [6.07, 6.45) is 11.9. The minimum atomic E-state index is -1.01. The molecule has 0 spiro atoms. The van der Waals surface area contributed by atoms with Gasteiger partial charge in [0.1, 0.15) is 0 Å². The van der Waals surface area contributed by atoms with Crippen molar-refractivity contribution in [3.8, 4) is 0 Å². The number of thioether (sulfide) groups is 1. The number of carbonyl (C=O) groups is 1. The van der Waals surface area contributed by atoms with Gasteiger partial charge in [-0.3, -0.25) is 0 Å². The topological polar surface area (TPSA) is 40.1 Å². The summed E-state index contributed by atoms with van der Waals surface area (Å²) in [5.74, 6) is -0.986. The van der Waals surface area contributed by atoms with E-state index in [0.29, 0.717) is 0 Å². The molecule has 0 fully saturated rings. The maximum Gasteiger partial charge on any atom is 1.00 e. The Morgan fingerprint density at radius 2 is 1.50 bits per heavy atom. The molecule has 0 saturated heterocycles. The third kappa shape index (κ3) is 12.1. The normalized spacial score (nSPS) is 10.2. The number of hydrogen-bond acceptors (Lipinski definition) is 3. The number of carbonyl (C=O) groups excluding carboxylic acids is 1. The van der Waals surface area contributed by atoms with Gasteiger partial charge >= 0.3 is 51.4 Å². The molecule has 4 heteroatoms. The number of benzene rings is 1. The average molecular weight is 347 g/mol. The summed E-state index contributed by atoms with van der Waals surface area (Å²) < 4.78 is 0. The Bertz CT molecular complexity index is 393. The minimum Gasteiger partial charge on any atom is -0.549 e. The van der Waals surface area contributed by atoms with Crippen LogP contribution in [0.25, 0.3) is 0 Å². The van der Waals surface area contributed by atoms with Crippen LogP contribution in [0.2, 0.25) is 0 Å². The van der Waals surface area contributed by atoms with Gasteiger partial charge in [-0.15, -0.1) is 11.8 Å². The first kappa shape index (κ1) is 22.7. The first-order chi connectivity index (χ1) is 10.2. The number of aryl methyl sites for hydroxylation is 1. The molecular formula is C18H27KO2S. The summed E-state index contributed by atoms with van der Waals surface area (Å²) in [6.45, 7) is 2.25. The summed E-state index contributed by atoms with van der Waals surface area (Å²) in [7, 11) is 0. The van der Waals surface area contributed by atoms with Crippen LogP contribution in [0.15, 0.2) is 29.2 Å². The second-order valence-corrected chi connectivity index (χ2v) is 6.58. The SMILES string of the molecule is CCCCCCCCCCc1ccc(SCC(=O)[O-])cc1.[K+]. The molecular weight excluding hydrogens is 319 g/mol. The second-order valence-electron chi connectivity index (χ2n) is 5.53. The number of carboxylic acid groups (broad SMARTS) is 1. The Balaban J connectivity index is 0.00000441. The van der Waals surface area contributed by atoms with Gasteiger partial charge in [-0.25, -0.2) is 0 Å². The van der Waals surface area contributed by atoms with Gasteiger partial charge in [-0.05, 0) is 30.5 Å². The van der Waals surface area contributed by atoms with Crippen molar-refractivity contribution in [2.75, 3.05) is 5.75 Å². The van der Waals surface area contributed by atoms with Gasteiger partial charge in [0, 0.05) is 10.6 Å². The van der Waals surface area contributed by atoms with Crippen LogP contribution in [-0.4, -0.2) is 11.7 Å². The number of carboxylic acids is 1. The van der Waals surface area contributed by atoms with E-state index in [0.717, 1.165) is 11.3 Å². The smallest absolute Gasteiger partial charge is 0.549 e. The van der Waals surface area contributed by atoms with E-state index < -0.39 is 5.97 Å². The van der Waals surface area contributed by atoms with Crippen molar-refractivity contribution in [3.63, 3.8) is 0 Å². The van der Waals surface area contributed by atoms with Gasteiger partial charge in [-0.2, -0.15) is 0 Å². The van der Waals surface area contributed by atoms with Gasteiger partial charge in [0.05, 0.1) is 5.97 Å². The van der Waals surface area contributed by atoms with Crippen LogP contribution in [0.1, 0.15) is 63.9 Å². The molecule has 0 radical (unpaired) electrons. The molecule has 0 N–H and O–H groups in total. The van der Waals surface area contributed by atoms with Gasteiger partial charge in [-0.1, -0.05) is 64.0 Å². The number of aliphatic carboxylic acids is 1. The summed E-state index contributed by atoms with van der Waals surface area (Å²) in [5, 5.41) is 10.4. The fourth-order valence-electron chi connectivity index (χ4n) is 2.36. The Hall–Kier alpha value is 0.676. The van der Waals surface area contributed by atoms with Gasteiger partial charge in [0.25, 0.3) is 0 Å². The number of unbranched alkanes of at least 4 members (excludes halogenated alkanes) is 7. The molecule has 1 aromatic rings. The van der Waals surface area contributed by atoms with Crippen molar-refractivity contribution >= 4 is 17.7 Å². The summed E-state index contributed by atoms with van der Waals surface area (Å²) in [5.41, 5.74) is 1.35. The fourth-order valence-corrected chi connectivity index (χ4v) is 2.97. The van der Waals surface area contributed by atoms with E-state index in [1.807, 2.05) is 12.1 Å². The van der Waals surface area contributed by atoms with Crippen molar-refractivity contribution in [2.24, 2.45) is 0 Å². The first-order valence-electron chi connectivity index (χ1n) is 8.14. The van der Waals surface area contributed by atoms with Crippen molar-refractivity contribution in [1.29, 1.82) is 0 Å². The largest absolute Gasteiger partial charge is 1.00 e. The van der Waals surface area contributed by atoms with Crippen LogP contribution in [0.5, 0.6) is 0 Å². The predicted molar refractivity (Wildman–Crippen MR) is 88.5 cm³/mol. The van der Waals surface area contributed by atoms with E-state index in [-0.39, 0.29) is 57.1 Å². The van der Waals surface area contributed by atoms with Crippen molar-refractivity contribution in [3.05, 3.63) is 29.8 Å². The molecule has 0 aliphatic carbocycles. The van der Waals surface area contributed by atoms with E-state index in [2.05, 4.69) is 19.1 Å². The maximum atomic E-state index is 10.4. The van der Waals surface area contributed by atoms with E-state index in [1.165, 1.54) is 68.7 Å². The van der Waals surface area contributed by atoms with Crippen LogP contribution >= 0.6 is 11.8 Å². The summed E-state index contributed by atoms with van der Waals surface area (Å²) in [6, 6.07) is 8.24. The van der Waals surface area contributed by atoms with Crippen LogP contribution < -0.4 is 56.5 Å². The molecule has 0 aliphatic heterocycles. The Labute approximate surface area is 182 Å².